The van der Waals surface area contributed by atoms with Crippen LogP contribution in [-0.2, 0) is 16.1 Å². The fourth-order valence-electron chi connectivity index (χ4n) is 3.74. The summed E-state index contributed by atoms with van der Waals surface area (Å²) in [7, 11) is 0. The molecule has 0 radical (unpaired) electrons. The van der Waals surface area contributed by atoms with Gasteiger partial charge in [0.25, 0.3) is 11.5 Å². The Bertz CT molecular complexity index is 1580. The van der Waals surface area contributed by atoms with Gasteiger partial charge < -0.3 is 15.0 Å². The first-order valence-electron chi connectivity index (χ1n) is 11.2. The first-order chi connectivity index (χ1) is 17.6. The van der Waals surface area contributed by atoms with Crippen molar-refractivity contribution in [1.29, 1.82) is 0 Å². The van der Waals surface area contributed by atoms with Crippen molar-refractivity contribution < 1.29 is 14.3 Å². The van der Waals surface area contributed by atoms with E-state index >= 15 is 0 Å². The Balaban J connectivity index is 1.25. The van der Waals surface area contributed by atoms with Gasteiger partial charge in [0.2, 0.25) is 0 Å². The summed E-state index contributed by atoms with van der Waals surface area (Å²) in [5.41, 5.74) is 3.49. The number of nitrogens with one attached hydrogen (secondary N) is 2. The number of nitrogens with zero attached hydrogens (tertiary/aromatic N) is 1. The van der Waals surface area contributed by atoms with E-state index in [0.717, 1.165) is 16.7 Å². The van der Waals surface area contributed by atoms with Crippen LogP contribution in [0.3, 0.4) is 0 Å². The smallest absolute Gasteiger partial charge is 0.338 e. The molecule has 3 aromatic carbocycles. The second kappa shape index (κ2) is 10.4. The van der Waals surface area contributed by atoms with Crippen LogP contribution in [0.2, 0.25) is 0 Å². The van der Waals surface area contributed by atoms with Gasteiger partial charge in [-0.25, -0.2) is 9.78 Å². The van der Waals surface area contributed by atoms with Crippen LogP contribution in [0, 0.1) is 0 Å². The Morgan fingerprint density at radius 1 is 0.889 bits per heavy atom. The zero-order valence-corrected chi connectivity index (χ0v) is 19.9. The first kappa shape index (κ1) is 23.2. The summed E-state index contributed by atoms with van der Waals surface area (Å²) in [6.07, 6.45) is 0. The van der Waals surface area contributed by atoms with Crippen LogP contribution in [0.1, 0.15) is 15.9 Å². The highest BCUT2D eigenvalue weighted by molar-refractivity contribution is 7.17. The van der Waals surface area contributed by atoms with Crippen molar-refractivity contribution >= 4 is 33.4 Å². The first-order valence-corrected chi connectivity index (χ1v) is 12.1. The number of H-pyrrole nitrogens is 1. The molecule has 0 unspecified atom stereocenters. The van der Waals surface area contributed by atoms with Crippen molar-refractivity contribution in [2.45, 2.75) is 6.54 Å². The largest absolute Gasteiger partial charge is 0.452 e. The number of aromatic amines is 1. The van der Waals surface area contributed by atoms with Crippen LogP contribution in [0.25, 0.3) is 32.7 Å². The Morgan fingerprint density at radius 2 is 1.58 bits per heavy atom. The van der Waals surface area contributed by atoms with Crippen LogP contribution < -0.4 is 10.9 Å². The normalized spacial score (nSPS) is 10.8. The Labute approximate surface area is 210 Å². The van der Waals surface area contributed by atoms with Gasteiger partial charge in [0.15, 0.2) is 6.61 Å². The molecule has 5 rings (SSSR count). The van der Waals surface area contributed by atoms with Crippen LogP contribution in [-0.4, -0.2) is 28.5 Å². The van der Waals surface area contributed by atoms with E-state index in [1.54, 1.807) is 24.3 Å². The number of aromatic nitrogens is 2. The van der Waals surface area contributed by atoms with Crippen molar-refractivity contribution in [1.82, 2.24) is 15.3 Å². The average Bonchev–Trinajstić information content (AvgIpc) is 3.36. The molecular formula is C28H21N3O4S. The van der Waals surface area contributed by atoms with E-state index < -0.39 is 5.97 Å². The molecule has 0 saturated carbocycles. The van der Waals surface area contributed by atoms with Gasteiger partial charge in [0.1, 0.15) is 10.7 Å². The number of amides is 1. The molecule has 8 heteroatoms. The number of ether oxygens (including phenoxy) is 1. The maximum Gasteiger partial charge on any atom is 0.338 e. The molecule has 36 heavy (non-hydrogen) atoms. The van der Waals surface area contributed by atoms with Gasteiger partial charge in [-0.05, 0) is 23.3 Å². The summed E-state index contributed by atoms with van der Waals surface area (Å²) in [6, 6.07) is 25.7. The minimum Gasteiger partial charge on any atom is -0.452 e. The number of carbonyl (C=O) groups is 2. The number of esters is 1. The van der Waals surface area contributed by atoms with Crippen molar-refractivity contribution in [2.24, 2.45) is 0 Å². The molecule has 0 aliphatic rings. The van der Waals surface area contributed by atoms with E-state index in [9.17, 15) is 14.4 Å². The Kier molecular flexibility index (Phi) is 6.68. The number of hydrogen-bond acceptors (Lipinski definition) is 6. The van der Waals surface area contributed by atoms with Gasteiger partial charge in [-0.2, -0.15) is 0 Å². The third-order valence-electron chi connectivity index (χ3n) is 5.59. The summed E-state index contributed by atoms with van der Waals surface area (Å²) < 4.78 is 5.12. The zero-order valence-electron chi connectivity index (χ0n) is 19.1. The second-order valence-corrected chi connectivity index (χ2v) is 8.88. The summed E-state index contributed by atoms with van der Waals surface area (Å²) in [6.45, 7) is -0.0143. The lowest BCUT2D eigenvalue weighted by Crippen LogP contribution is -2.28. The van der Waals surface area contributed by atoms with E-state index in [1.807, 2.05) is 66.0 Å². The van der Waals surface area contributed by atoms with Gasteiger partial charge in [-0.1, -0.05) is 72.8 Å². The lowest BCUT2D eigenvalue weighted by Gasteiger charge is -2.07. The quantitative estimate of drug-likeness (QED) is 0.316. The molecule has 2 heterocycles. The molecule has 1 amide bonds. The van der Waals surface area contributed by atoms with Gasteiger partial charge in [-0.15, -0.1) is 11.3 Å². The predicted octanol–water partition coefficient (Wildman–Crippen LogP) is 4.79. The van der Waals surface area contributed by atoms with Gasteiger partial charge in [0.05, 0.1) is 10.9 Å². The molecular weight excluding hydrogens is 474 g/mol. The molecule has 0 saturated heterocycles. The molecule has 7 nitrogen and oxygen atoms in total. The lowest BCUT2D eigenvalue weighted by atomic mass is 10.1. The molecule has 178 valence electrons. The molecule has 0 spiro atoms. The average molecular weight is 496 g/mol. The van der Waals surface area contributed by atoms with Gasteiger partial charge >= 0.3 is 5.97 Å². The van der Waals surface area contributed by atoms with Crippen LogP contribution in [0.4, 0.5) is 0 Å². The highest BCUT2D eigenvalue weighted by atomic mass is 32.1. The molecule has 0 aliphatic heterocycles. The molecule has 0 bridgehead atoms. The molecule has 5 aromatic rings. The SMILES string of the molecule is O=C(COC(=O)c1ccc(-c2nc3scc(-c4ccccc4)c3c(=O)[nH]2)cc1)NCc1ccccc1. The highest BCUT2D eigenvalue weighted by Crippen LogP contribution is 2.31. The monoisotopic (exact) mass is 495 g/mol. The summed E-state index contributed by atoms with van der Waals surface area (Å²) in [5, 5.41) is 5.20. The maximum absolute atomic E-state index is 12.9. The molecule has 2 aromatic heterocycles. The molecule has 0 aliphatic carbocycles. The Morgan fingerprint density at radius 3 is 2.31 bits per heavy atom. The molecule has 0 atom stereocenters. The van der Waals surface area contributed by atoms with Crippen LogP contribution >= 0.6 is 11.3 Å². The fraction of sp³-hybridized carbons (Fsp3) is 0.0714. The third-order valence-corrected chi connectivity index (χ3v) is 6.46. The predicted molar refractivity (Wildman–Crippen MR) is 140 cm³/mol. The van der Waals surface area contributed by atoms with Crippen molar-refractivity contribution in [3.05, 3.63) is 112 Å². The highest BCUT2D eigenvalue weighted by Gasteiger charge is 2.15. The number of thiophene rings is 1. The van der Waals surface area contributed by atoms with Crippen LogP contribution in [0.5, 0.6) is 0 Å². The van der Waals surface area contributed by atoms with Crippen molar-refractivity contribution in [3.63, 3.8) is 0 Å². The zero-order chi connectivity index (χ0) is 24.9. The minimum atomic E-state index is -0.612. The number of hydrogen-bond donors (Lipinski definition) is 2. The number of rotatable bonds is 7. The van der Waals surface area contributed by atoms with E-state index in [4.69, 9.17) is 4.74 Å². The van der Waals surface area contributed by atoms with E-state index in [1.165, 1.54) is 11.3 Å². The van der Waals surface area contributed by atoms with Crippen molar-refractivity contribution in [2.75, 3.05) is 6.61 Å². The number of benzene rings is 3. The molecule has 2 N–H and O–H groups in total. The van der Waals surface area contributed by atoms with Crippen molar-refractivity contribution in [3.8, 4) is 22.5 Å². The van der Waals surface area contributed by atoms with Crippen LogP contribution in [0.15, 0.2) is 95.1 Å². The second-order valence-electron chi connectivity index (χ2n) is 8.03. The van der Waals surface area contributed by atoms with E-state index in [2.05, 4.69) is 15.3 Å². The number of carbonyl (C=O) groups excluding carboxylic acids is 2. The van der Waals surface area contributed by atoms with E-state index in [-0.39, 0.29) is 18.1 Å². The van der Waals surface area contributed by atoms with Gasteiger partial charge in [0, 0.05) is 23.1 Å². The fourth-order valence-corrected chi connectivity index (χ4v) is 4.69. The topological polar surface area (TPSA) is 101 Å². The number of fused-ring (bicyclic) bond motifs is 1. The third kappa shape index (κ3) is 5.08. The standard InChI is InChI=1S/C28H21N3O4S/c32-23(29-15-18-7-3-1-4-8-18)16-35-28(34)21-13-11-20(12-14-21)25-30-26(33)24-22(17-36-27(24)31-25)19-9-5-2-6-10-19/h1-14,17H,15-16H2,(H,29,32)(H,30,31,33). The summed E-state index contributed by atoms with van der Waals surface area (Å²) in [5.74, 6) is -0.585. The summed E-state index contributed by atoms with van der Waals surface area (Å²) >= 11 is 1.41. The lowest BCUT2D eigenvalue weighted by molar-refractivity contribution is -0.124. The Hall–Kier alpha value is -4.56. The minimum absolute atomic E-state index is 0.222. The molecule has 0 fully saturated rings. The van der Waals surface area contributed by atoms with E-state index in [0.29, 0.717) is 33.7 Å². The maximum atomic E-state index is 12.9. The summed E-state index contributed by atoms with van der Waals surface area (Å²) in [4.78, 5) is 45.4. The van der Waals surface area contributed by atoms with Gasteiger partial charge in [-0.3, -0.25) is 9.59 Å².